The van der Waals surface area contributed by atoms with Gasteiger partial charge in [-0.2, -0.15) is 0 Å². The van der Waals surface area contributed by atoms with Gasteiger partial charge >= 0.3 is 0 Å². The van der Waals surface area contributed by atoms with Crippen molar-refractivity contribution in [2.75, 3.05) is 11.5 Å². The Morgan fingerprint density at radius 1 is 1.07 bits per heavy atom. The molecule has 0 atom stereocenters. The Bertz CT molecular complexity index is 344. The molecule has 5 nitrogen and oxygen atoms in total. The molecule has 0 fully saturated rings. The first-order chi connectivity index (χ1) is 5.63. The zero-order valence-electron chi connectivity index (χ0n) is 8.19. The summed E-state index contributed by atoms with van der Waals surface area (Å²) in [7, 11) is 0. The van der Waals surface area contributed by atoms with E-state index in [-0.39, 0.29) is 36.1 Å². The molecule has 0 aliphatic heterocycles. The third-order valence-electron chi connectivity index (χ3n) is 1.91. The molecular weight excluding hydrogens is 227 g/mol. The van der Waals surface area contributed by atoms with Gasteiger partial charge in [0.05, 0.1) is 0 Å². The Morgan fingerprint density at radius 2 is 1.50 bits per heavy atom. The Kier molecular flexibility index (Phi) is 6.51. The van der Waals surface area contributed by atoms with Crippen molar-refractivity contribution in [3.8, 4) is 0 Å². The van der Waals surface area contributed by atoms with Crippen LogP contribution in [-0.2, 0) is 13.1 Å². The van der Waals surface area contributed by atoms with Crippen LogP contribution in [0.15, 0.2) is 4.79 Å². The third kappa shape index (κ3) is 2.16. The van der Waals surface area contributed by atoms with E-state index in [0.29, 0.717) is 18.9 Å². The predicted octanol–water partition coefficient (Wildman–Crippen LogP) is 0.698. The molecule has 1 heterocycles. The normalized spacial score (nSPS) is 9.00. The van der Waals surface area contributed by atoms with Crippen molar-refractivity contribution in [2.24, 2.45) is 0 Å². The van der Waals surface area contributed by atoms with Crippen molar-refractivity contribution in [3.05, 3.63) is 10.4 Å². The van der Waals surface area contributed by atoms with Crippen LogP contribution in [0.1, 0.15) is 13.8 Å². The minimum atomic E-state index is -0.197. The molecule has 14 heavy (non-hydrogen) atoms. The smallest absolute Gasteiger partial charge is 0.292 e. The molecule has 0 aliphatic rings. The maximum Gasteiger partial charge on any atom is 0.292 e. The lowest BCUT2D eigenvalue weighted by Gasteiger charge is -2.07. The van der Waals surface area contributed by atoms with Gasteiger partial charge < -0.3 is 11.5 Å². The van der Waals surface area contributed by atoms with Gasteiger partial charge in [-0.3, -0.25) is 9.48 Å². The van der Waals surface area contributed by atoms with Crippen LogP contribution in [0.25, 0.3) is 0 Å². The van der Waals surface area contributed by atoms with Gasteiger partial charge in [-0.25, -0.2) is 4.68 Å². The summed E-state index contributed by atoms with van der Waals surface area (Å²) in [6.07, 6.45) is 0. The van der Waals surface area contributed by atoms with E-state index < -0.39 is 0 Å². The van der Waals surface area contributed by atoms with Gasteiger partial charge in [-0.05, 0) is 13.8 Å². The van der Waals surface area contributed by atoms with Crippen LogP contribution in [0.2, 0.25) is 0 Å². The summed E-state index contributed by atoms with van der Waals surface area (Å²) in [4.78, 5) is 11.3. The zero-order chi connectivity index (χ0) is 9.30. The molecule has 0 radical (unpaired) electrons. The minimum Gasteiger partial charge on any atom is -0.391 e. The van der Waals surface area contributed by atoms with Gasteiger partial charge in [0.1, 0.15) is 11.5 Å². The standard InChI is InChI=1S/C7H14N4O.2ClH/c1-3-10-6(9)5(8)7(12)11(10)4-2;;/h3-4,8-9H2,1-2H3;2*1H. The number of anilines is 2. The monoisotopic (exact) mass is 242 g/mol. The number of aromatic nitrogens is 2. The summed E-state index contributed by atoms with van der Waals surface area (Å²) in [5.74, 6) is 0.365. The highest BCUT2D eigenvalue weighted by Crippen LogP contribution is 2.09. The van der Waals surface area contributed by atoms with Crippen LogP contribution in [0, 0.1) is 0 Å². The lowest BCUT2D eigenvalue weighted by molar-refractivity contribution is 0.483. The van der Waals surface area contributed by atoms with E-state index in [1.165, 1.54) is 4.68 Å². The number of halogens is 2. The van der Waals surface area contributed by atoms with E-state index in [4.69, 9.17) is 11.5 Å². The van der Waals surface area contributed by atoms with Crippen molar-refractivity contribution in [3.63, 3.8) is 0 Å². The zero-order valence-corrected chi connectivity index (χ0v) is 9.82. The number of nitrogens with two attached hydrogens (primary N) is 2. The quantitative estimate of drug-likeness (QED) is 0.802. The molecule has 0 bridgehead atoms. The SMILES string of the molecule is CCn1c(N)c(N)c(=O)n1CC.Cl.Cl. The summed E-state index contributed by atoms with van der Waals surface area (Å²) in [5, 5.41) is 0. The molecule has 0 unspecified atom stereocenters. The average molecular weight is 243 g/mol. The number of hydrogen-bond acceptors (Lipinski definition) is 3. The first-order valence-electron chi connectivity index (χ1n) is 3.98. The molecule has 1 rings (SSSR count). The van der Waals surface area contributed by atoms with Gasteiger partial charge in [0.25, 0.3) is 5.56 Å². The molecule has 7 heteroatoms. The van der Waals surface area contributed by atoms with E-state index in [1.54, 1.807) is 4.68 Å². The van der Waals surface area contributed by atoms with Crippen LogP contribution in [0.3, 0.4) is 0 Å². The Morgan fingerprint density at radius 3 is 1.79 bits per heavy atom. The highest BCUT2D eigenvalue weighted by molar-refractivity contribution is 5.85. The average Bonchev–Trinajstić information content (AvgIpc) is 2.29. The van der Waals surface area contributed by atoms with Crippen LogP contribution in [0.5, 0.6) is 0 Å². The number of rotatable bonds is 2. The molecule has 0 aromatic carbocycles. The summed E-state index contributed by atoms with van der Waals surface area (Å²) >= 11 is 0. The van der Waals surface area contributed by atoms with Gasteiger partial charge in [0.2, 0.25) is 0 Å². The third-order valence-corrected chi connectivity index (χ3v) is 1.91. The molecule has 0 aliphatic carbocycles. The molecule has 1 aromatic heterocycles. The fourth-order valence-electron chi connectivity index (χ4n) is 1.28. The van der Waals surface area contributed by atoms with E-state index in [2.05, 4.69) is 0 Å². The molecule has 0 saturated carbocycles. The second kappa shape index (κ2) is 5.82. The van der Waals surface area contributed by atoms with Crippen molar-refractivity contribution in [2.45, 2.75) is 26.9 Å². The van der Waals surface area contributed by atoms with Crippen LogP contribution >= 0.6 is 24.8 Å². The number of hydrogen-bond donors (Lipinski definition) is 2. The fraction of sp³-hybridized carbons (Fsp3) is 0.571. The molecule has 1 aromatic rings. The van der Waals surface area contributed by atoms with Crippen molar-refractivity contribution in [1.82, 2.24) is 9.36 Å². The van der Waals surface area contributed by atoms with Gasteiger partial charge in [-0.1, -0.05) is 0 Å². The molecular formula is C7H16Cl2N4O. The highest BCUT2D eigenvalue weighted by atomic mass is 35.5. The first-order valence-corrected chi connectivity index (χ1v) is 3.98. The highest BCUT2D eigenvalue weighted by Gasteiger charge is 2.11. The van der Waals surface area contributed by atoms with Gasteiger partial charge in [0.15, 0.2) is 0 Å². The summed E-state index contributed by atoms with van der Waals surface area (Å²) < 4.78 is 3.21. The van der Waals surface area contributed by atoms with Crippen molar-refractivity contribution >= 4 is 36.3 Å². The van der Waals surface area contributed by atoms with E-state index in [1.807, 2.05) is 13.8 Å². The molecule has 84 valence electrons. The van der Waals surface area contributed by atoms with E-state index in [0.717, 1.165) is 0 Å². The van der Waals surface area contributed by atoms with Crippen LogP contribution < -0.4 is 17.0 Å². The van der Waals surface area contributed by atoms with Crippen LogP contribution in [0.4, 0.5) is 11.5 Å². The summed E-state index contributed by atoms with van der Waals surface area (Å²) in [6.45, 7) is 5.05. The van der Waals surface area contributed by atoms with Gasteiger partial charge in [-0.15, -0.1) is 24.8 Å². The largest absolute Gasteiger partial charge is 0.391 e. The maximum absolute atomic E-state index is 11.3. The lowest BCUT2D eigenvalue weighted by Crippen LogP contribution is -2.22. The predicted molar refractivity (Wildman–Crippen MR) is 63.4 cm³/mol. The summed E-state index contributed by atoms with van der Waals surface area (Å²) in [5.41, 5.74) is 11.0. The van der Waals surface area contributed by atoms with E-state index >= 15 is 0 Å². The molecule has 4 N–H and O–H groups in total. The Labute approximate surface area is 94.9 Å². The Hall–Kier alpha value is -0.810. The molecule has 0 saturated heterocycles. The topological polar surface area (TPSA) is 79.0 Å². The van der Waals surface area contributed by atoms with Crippen LogP contribution in [-0.4, -0.2) is 9.36 Å². The van der Waals surface area contributed by atoms with Crippen molar-refractivity contribution < 1.29 is 0 Å². The first kappa shape index (κ1) is 15.7. The molecule has 0 spiro atoms. The van der Waals surface area contributed by atoms with E-state index in [9.17, 15) is 4.79 Å². The van der Waals surface area contributed by atoms with Gasteiger partial charge in [0, 0.05) is 13.1 Å². The summed E-state index contributed by atoms with van der Waals surface area (Å²) in [6, 6.07) is 0. The van der Waals surface area contributed by atoms with Crippen molar-refractivity contribution in [1.29, 1.82) is 0 Å². The second-order valence-electron chi connectivity index (χ2n) is 2.54. The minimum absolute atomic E-state index is 0. The fourth-order valence-corrected chi connectivity index (χ4v) is 1.28. The number of nitrogen functional groups attached to an aromatic ring is 2. The Balaban J connectivity index is 0. The molecule has 0 amide bonds. The lowest BCUT2D eigenvalue weighted by atomic mass is 10.5. The second-order valence-corrected chi connectivity index (χ2v) is 2.54. The number of nitrogens with zero attached hydrogens (tertiary/aromatic N) is 2. The maximum atomic E-state index is 11.3.